The molecule has 0 aromatic heterocycles. The van der Waals surface area contributed by atoms with Crippen LogP contribution in [0, 0.1) is 0 Å². The van der Waals surface area contributed by atoms with Gasteiger partial charge < -0.3 is 4.12 Å². The SMILES string of the molecule is Cl[Si](O[Si](Cl)(C1CCCCC1)C1CCCCC1)(C1CCCCC1)C1CCCCC1. The molecule has 4 aliphatic rings. The Hall–Kier alpha value is 0.974. The molecule has 5 heteroatoms. The summed E-state index contributed by atoms with van der Waals surface area (Å²) in [4.78, 5) is 0. The van der Waals surface area contributed by atoms with E-state index in [-0.39, 0.29) is 0 Å². The first kappa shape index (κ1) is 23.1. The zero-order chi connectivity index (χ0) is 20.2. The van der Waals surface area contributed by atoms with Gasteiger partial charge in [-0.1, -0.05) is 77.0 Å². The lowest BCUT2D eigenvalue weighted by Crippen LogP contribution is -2.56. The molecule has 4 fully saturated rings. The Kier molecular flexibility index (Phi) is 8.56. The van der Waals surface area contributed by atoms with Crippen LogP contribution in [0.3, 0.4) is 0 Å². The highest BCUT2D eigenvalue weighted by molar-refractivity contribution is 7.27. The highest BCUT2D eigenvalue weighted by atomic mass is 35.6. The van der Waals surface area contributed by atoms with Gasteiger partial charge in [-0.25, -0.2) is 0 Å². The van der Waals surface area contributed by atoms with Crippen LogP contribution in [0.15, 0.2) is 0 Å². The molecule has 4 rings (SSSR count). The largest absolute Gasteiger partial charge is 0.432 e. The maximum atomic E-state index is 7.89. The summed E-state index contributed by atoms with van der Waals surface area (Å²) in [6.45, 7) is 0. The zero-order valence-corrected chi connectivity index (χ0v) is 22.1. The van der Waals surface area contributed by atoms with Gasteiger partial charge in [0, 0.05) is 0 Å². The first-order valence-electron chi connectivity index (χ1n) is 13.2. The second-order valence-corrected chi connectivity index (χ2v) is 21.3. The van der Waals surface area contributed by atoms with E-state index in [0.717, 1.165) is 0 Å². The molecule has 0 spiro atoms. The average Bonchev–Trinajstić information content (AvgIpc) is 2.81. The molecule has 29 heavy (non-hydrogen) atoms. The van der Waals surface area contributed by atoms with Crippen LogP contribution >= 0.6 is 22.2 Å². The van der Waals surface area contributed by atoms with Crippen LogP contribution in [0.4, 0.5) is 0 Å². The van der Waals surface area contributed by atoms with Crippen molar-refractivity contribution in [1.29, 1.82) is 0 Å². The molecule has 0 unspecified atom stereocenters. The van der Waals surface area contributed by atoms with Crippen molar-refractivity contribution in [2.45, 2.75) is 151 Å². The highest BCUT2D eigenvalue weighted by Crippen LogP contribution is 2.58. The lowest BCUT2D eigenvalue weighted by Gasteiger charge is -2.51. The molecule has 0 atom stereocenters. The van der Waals surface area contributed by atoms with Gasteiger partial charge in [-0.15, -0.1) is 22.2 Å². The fraction of sp³-hybridized carbons (Fsp3) is 1.00. The molecule has 4 aliphatic carbocycles. The fourth-order valence-corrected chi connectivity index (χ4v) is 23.2. The standard InChI is InChI=1S/C24H44Cl2OSi2/c25-28(21-13-5-1-6-14-21,22-15-7-2-8-16-22)27-29(26,23-17-9-3-10-18-23)24-19-11-4-12-20-24/h21-24H,1-20H2. The summed E-state index contributed by atoms with van der Waals surface area (Å²) in [6, 6.07) is 0. The molecule has 4 saturated carbocycles. The minimum Gasteiger partial charge on any atom is -0.432 e. The van der Waals surface area contributed by atoms with Crippen molar-refractivity contribution in [3.8, 4) is 0 Å². The lowest BCUT2D eigenvalue weighted by atomic mass is 9.99. The van der Waals surface area contributed by atoms with Gasteiger partial charge in [0.1, 0.15) is 0 Å². The molecule has 0 N–H and O–H groups in total. The van der Waals surface area contributed by atoms with Crippen LogP contribution in [-0.4, -0.2) is 15.3 Å². The Balaban J connectivity index is 1.62. The number of hydrogen-bond acceptors (Lipinski definition) is 1. The van der Waals surface area contributed by atoms with E-state index in [0.29, 0.717) is 22.2 Å². The smallest absolute Gasteiger partial charge is 0.287 e. The van der Waals surface area contributed by atoms with Gasteiger partial charge in [0.2, 0.25) is 0 Å². The summed E-state index contributed by atoms with van der Waals surface area (Å²) in [5.74, 6) is 0. The van der Waals surface area contributed by atoms with Crippen molar-refractivity contribution in [2.24, 2.45) is 0 Å². The summed E-state index contributed by atoms with van der Waals surface area (Å²) in [5.41, 5.74) is 2.66. The number of halogens is 2. The van der Waals surface area contributed by atoms with Crippen molar-refractivity contribution in [3.63, 3.8) is 0 Å². The molecule has 1 nitrogen and oxygen atoms in total. The summed E-state index contributed by atoms with van der Waals surface area (Å²) in [6.07, 6.45) is 27.1. The summed E-state index contributed by atoms with van der Waals surface area (Å²) in [5, 5.41) is 0. The second-order valence-electron chi connectivity index (χ2n) is 10.8. The Morgan fingerprint density at radius 3 is 0.793 bits per heavy atom. The molecule has 168 valence electrons. The molecule has 0 saturated heterocycles. The molecule has 0 aromatic carbocycles. The Labute approximate surface area is 191 Å². The second kappa shape index (κ2) is 10.7. The topological polar surface area (TPSA) is 9.23 Å². The van der Waals surface area contributed by atoms with Crippen molar-refractivity contribution in [2.75, 3.05) is 0 Å². The summed E-state index contributed by atoms with van der Waals surface area (Å²) < 4.78 is 7.59. The van der Waals surface area contributed by atoms with E-state index < -0.39 is 15.3 Å². The third-order valence-electron chi connectivity index (χ3n) is 8.96. The minimum absolute atomic E-state index is 0.666. The highest BCUT2D eigenvalue weighted by Gasteiger charge is 2.58. The third kappa shape index (κ3) is 5.32. The molecule has 0 aliphatic heterocycles. The molecule has 0 aromatic rings. The predicted molar refractivity (Wildman–Crippen MR) is 132 cm³/mol. The number of rotatable bonds is 6. The Bertz CT molecular complexity index is 413. The van der Waals surface area contributed by atoms with Crippen LogP contribution in [-0.2, 0) is 4.12 Å². The van der Waals surface area contributed by atoms with E-state index in [2.05, 4.69) is 0 Å². The minimum atomic E-state index is -2.35. The van der Waals surface area contributed by atoms with Gasteiger partial charge in [0.15, 0.2) is 0 Å². The van der Waals surface area contributed by atoms with Gasteiger partial charge in [-0.05, 0) is 73.5 Å². The van der Waals surface area contributed by atoms with Crippen molar-refractivity contribution in [1.82, 2.24) is 0 Å². The van der Waals surface area contributed by atoms with Gasteiger partial charge in [0.05, 0.1) is 0 Å². The van der Waals surface area contributed by atoms with E-state index in [1.807, 2.05) is 0 Å². The van der Waals surface area contributed by atoms with Crippen LogP contribution in [0.2, 0.25) is 22.2 Å². The molecular formula is C24H44Cl2OSi2. The van der Waals surface area contributed by atoms with E-state index in [1.165, 1.54) is 128 Å². The third-order valence-corrected chi connectivity index (χ3v) is 23.3. The summed E-state index contributed by atoms with van der Waals surface area (Å²) >= 11 is 15.8. The van der Waals surface area contributed by atoms with Gasteiger partial charge in [-0.3, -0.25) is 0 Å². The molecular weight excluding hydrogens is 431 g/mol. The molecule has 0 bridgehead atoms. The molecule has 0 amide bonds. The van der Waals surface area contributed by atoms with E-state index >= 15 is 0 Å². The van der Waals surface area contributed by atoms with E-state index in [1.54, 1.807) is 0 Å². The van der Waals surface area contributed by atoms with Gasteiger partial charge in [0.25, 0.3) is 15.3 Å². The quantitative estimate of drug-likeness (QED) is 0.274. The fourth-order valence-electron chi connectivity index (χ4n) is 7.22. The van der Waals surface area contributed by atoms with Crippen molar-refractivity contribution < 1.29 is 4.12 Å². The van der Waals surface area contributed by atoms with Crippen LogP contribution in [0.1, 0.15) is 128 Å². The van der Waals surface area contributed by atoms with E-state index in [4.69, 9.17) is 26.3 Å². The molecule has 0 heterocycles. The number of hydrogen-bond donors (Lipinski definition) is 0. The monoisotopic (exact) mass is 474 g/mol. The predicted octanol–water partition coefficient (Wildman–Crippen LogP) is 9.70. The lowest BCUT2D eigenvalue weighted by molar-refractivity contribution is 0.361. The van der Waals surface area contributed by atoms with Crippen LogP contribution in [0.25, 0.3) is 0 Å². The van der Waals surface area contributed by atoms with Crippen LogP contribution in [0.5, 0.6) is 0 Å². The van der Waals surface area contributed by atoms with Gasteiger partial charge in [-0.2, -0.15) is 0 Å². The molecule has 0 radical (unpaired) electrons. The van der Waals surface area contributed by atoms with Crippen molar-refractivity contribution >= 4 is 37.4 Å². The van der Waals surface area contributed by atoms with Crippen LogP contribution < -0.4 is 0 Å². The van der Waals surface area contributed by atoms with E-state index in [9.17, 15) is 0 Å². The first-order valence-corrected chi connectivity index (χ1v) is 19.4. The maximum absolute atomic E-state index is 7.89. The zero-order valence-electron chi connectivity index (χ0n) is 18.6. The average molecular weight is 476 g/mol. The maximum Gasteiger partial charge on any atom is 0.287 e. The Morgan fingerprint density at radius 2 is 0.586 bits per heavy atom. The summed E-state index contributed by atoms with van der Waals surface area (Å²) in [7, 11) is -4.70. The van der Waals surface area contributed by atoms with Gasteiger partial charge >= 0.3 is 0 Å². The first-order chi connectivity index (χ1) is 14.1. The Morgan fingerprint density at radius 1 is 0.379 bits per heavy atom. The normalized spacial score (nSPS) is 27.9. The van der Waals surface area contributed by atoms with Crippen molar-refractivity contribution in [3.05, 3.63) is 0 Å².